The summed E-state index contributed by atoms with van der Waals surface area (Å²) >= 11 is 0. The molecule has 2 bridgehead atoms. The van der Waals surface area contributed by atoms with E-state index >= 15 is 0 Å². The van der Waals surface area contributed by atoms with Crippen LogP contribution in [0, 0.1) is 30.6 Å². The Hall–Kier alpha value is -3.45. The van der Waals surface area contributed by atoms with E-state index in [1.165, 1.54) is 11.1 Å². The predicted octanol–water partition coefficient (Wildman–Crippen LogP) is 5.39. The number of hydrogen-bond acceptors (Lipinski definition) is 4. The van der Waals surface area contributed by atoms with Crippen LogP contribution >= 0.6 is 0 Å². The van der Waals surface area contributed by atoms with Crippen molar-refractivity contribution in [3.05, 3.63) is 77.4 Å². The molecular formula is C36H45N3O4. The second kappa shape index (κ2) is 11.6. The van der Waals surface area contributed by atoms with E-state index in [4.69, 9.17) is 4.74 Å². The molecule has 228 valence electrons. The number of fused-ring (bicyclic) bond motifs is 1. The minimum absolute atomic E-state index is 0.0521. The molecule has 4 aliphatic rings. The maximum absolute atomic E-state index is 14.3. The quantitative estimate of drug-likeness (QED) is 0.408. The lowest BCUT2D eigenvalue weighted by atomic mass is 9.73. The van der Waals surface area contributed by atoms with Crippen molar-refractivity contribution in [2.24, 2.45) is 23.7 Å². The molecule has 2 N–H and O–H groups in total. The molecule has 7 heteroatoms. The number of rotatable bonds is 8. The van der Waals surface area contributed by atoms with Gasteiger partial charge in [0.25, 0.3) is 0 Å². The Labute approximate surface area is 255 Å². The van der Waals surface area contributed by atoms with Crippen molar-refractivity contribution in [2.75, 3.05) is 11.9 Å². The number of carbonyl (C=O) groups is 3. The van der Waals surface area contributed by atoms with E-state index in [0.717, 1.165) is 24.8 Å². The number of carbonyl (C=O) groups excluding carboxylic acids is 3. The van der Waals surface area contributed by atoms with Gasteiger partial charge in [0.1, 0.15) is 11.6 Å². The highest BCUT2D eigenvalue weighted by atomic mass is 16.5. The number of nitrogens with one attached hydrogen (secondary N) is 2. The highest BCUT2D eigenvalue weighted by Crippen LogP contribution is 2.55. The van der Waals surface area contributed by atoms with Gasteiger partial charge in [-0.1, -0.05) is 94.7 Å². The zero-order valence-corrected chi connectivity index (χ0v) is 26.0. The van der Waals surface area contributed by atoms with Gasteiger partial charge in [0.15, 0.2) is 0 Å². The molecule has 2 aromatic rings. The molecule has 1 aliphatic carbocycles. The van der Waals surface area contributed by atoms with Crippen LogP contribution in [0.5, 0.6) is 0 Å². The lowest BCUT2D eigenvalue weighted by Gasteiger charge is -2.38. The minimum Gasteiger partial charge on any atom is -0.359 e. The third-order valence-electron chi connectivity index (χ3n) is 10.6. The van der Waals surface area contributed by atoms with Gasteiger partial charge in [0.05, 0.1) is 17.9 Å². The van der Waals surface area contributed by atoms with E-state index in [-0.39, 0.29) is 23.8 Å². The zero-order chi connectivity index (χ0) is 30.5. The van der Waals surface area contributed by atoms with E-state index in [0.29, 0.717) is 36.4 Å². The van der Waals surface area contributed by atoms with E-state index in [1.807, 2.05) is 43.3 Å². The van der Waals surface area contributed by atoms with Crippen LogP contribution in [0.1, 0.15) is 69.6 Å². The third-order valence-corrected chi connectivity index (χ3v) is 10.6. The monoisotopic (exact) mass is 583 g/mol. The molecule has 0 radical (unpaired) electrons. The number of nitrogens with zero attached hydrogens (tertiary/aromatic N) is 1. The molecule has 6 rings (SSSR count). The van der Waals surface area contributed by atoms with Gasteiger partial charge < -0.3 is 20.3 Å². The van der Waals surface area contributed by atoms with Gasteiger partial charge in [-0.15, -0.1) is 0 Å². The van der Waals surface area contributed by atoms with Crippen molar-refractivity contribution in [3.63, 3.8) is 0 Å². The van der Waals surface area contributed by atoms with E-state index < -0.39 is 29.6 Å². The van der Waals surface area contributed by atoms with Gasteiger partial charge in [0, 0.05) is 18.3 Å². The number of hydrogen-bond donors (Lipinski definition) is 2. The summed E-state index contributed by atoms with van der Waals surface area (Å²) in [6.07, 6.45) is 7.00. The van der Waals surface area contributed by atoms with Crippen LogP contribution in [0.25, 0.3) is 0 Å². The Morgan fingerprint density at radius 3 is 2.44 bits per heavy atom. The summed E-state index contributed by atoms with van der Waals surface area (Å²) in [6.45, 7) is 11.1. The van der Waals surface area contributed by atoms with Crippen LogP contribution in [0.3, 0.4) is 0 Å². The number of likely N-dealkylation sites (tertiary alicyclic amines) is 1. The molecule has 3 fully saturated rings. The Morgan fingerprint density at radius 1 is 1.02 bits per heavy atom. The number of amides is 3. The zero-order valence-electron chi connectivity index (χ0n) is 26.0. The molecule has 3 heterocycles. The lowest BCUT2D eigenvalue weighted by Crippen LogP contribution is -2.58. The highest BCUT2D eigenvalue weighted by Gasteiger charge is 2.72. The van der Waals surface area contributed by atoms with E-state index in [9.17, 15) is 14.4 Å². The second-order valence-electron chi connectivity index (χ2n) is 13.6. The first-order valence-corrected chi connectivity index (χ1v) is 16.0. The average Bonchev–Trinajstić information content (AvgIpc) is 3.62. The molecule has 2 saturated heterocycles. The molecular weight excluding hydrogens is 538 g/mol. The molecule has 3 aliphatic heterocycles. The van der Waals surface area contributed by atoms with Crippen LogP contribution in [-0.2, 0) is 25.5 Å². The first-order valence-electron chi connectivity index (χ1n) is 16.0. The Balaban J connectivity index is 1.28. The second-order valence-corrected chi connectivity index (χ2v) is 13.6. The topological polar surface area (TPSA) is 87.7 Å². The normalized spacial score (nSPS) is 32.7. The Kier molecular flexibility index (Phi) is 7.97. The van der Waals surface area contributed by atoms with Crippen molar-refractivity contribution in [3.8, 4) is 0 Å². The van der Waals surface area contributed by atoms with Gasteiger partial charge in [0.2, 0.25) is 17.7 Å². The smallest absolute Gasteiger partial charge is 0.246 e. The Bertz CT molecular complexity index is 1400. The Morgan fingerprint density at radius 2 is 1.74 bits per heavy atom. The fourth-order valence-electron chi connectivity index (χ4n) is 7.74. The molecule has 2 aromatic carbocycles. The van der Waals surface area contributed by atoms with Crippen molar-refractivity contribution in [1.82, 2.24) is 10.2 Å². The molecule has 1 spiro atoms. The predicted molar refractivity (Wildman–Crippen MR) is 167 cm³/mol. The van der Waals surface area contributed by atoms with Gasteiger partial charge in [-0.2, -0.15) is 0 Å². The summed E-state index contributed by atoms with van der Waals surface area (Å²) in [5.41, 5.74) is 2.99. The molecule has 8 atom stereocenters. The van der Waals surface area contributed by atoms with Crippen LogP contribution in [0.2, 0.25) is 0 Å². The summed E-state index contributed by atoms with van der Waals surface area (Å²) in [6, 6.07) is 15.3. The molecule has 43 heavy (non-hydrogen) atoms. The van der Waals surface area contributed by atoms with Crippen molar-refractivity contribution < 1.29 is 19.1 Å². The third kappa shape index (κ3) is 5.30. The summed E-state index contributed by atoms with van der Waals surface area (Å²) in [7, 11) is 0. The summed E-state index contributed by atoms with van der Waals surface area (Å²) in [5, 5.41) is 6.38. The van der Waals surface area contributed by atoms with Crippen LogP contribution in [0.15, 0.2) is 60.7 Å². The first-order chi connectivity index (χ1) is 20.6. The molecule has 0 unspecified atom stereocenters. The van der Waals surface area contributed by atoms with Crippen molar-refractivity contribution in [1.29, 1.82) is 0 Å². The van der Waals surface area contributed by atoms with Gasteiger partial charge in [-0.25, -0.2) is 0 Å². The number of benzene rings is 2. The van der Waals surface area contributed by atoms with Crippen LogP contribution < -0.4 is 10.6 Å². The van der Waals surface area contributed by atoms with Gasteiger partial charge >= 0.3 is 0 Å². The van der Waals surface area contributed by atoms with Crippen LogP contribution in [0.4, 0.5) is 5.69 Å². The van der Waals surface area contributed by atoms with Crippen molar-refractivity contribution in [2.45, 2.75) is 90.0 Å². The van der Waals surface area contributed by atoms with Crippen LogP contribution in [-0.4, -0.2) is 53.0 Å². The van der Waals surface area contributed by atoms with Gasteiger partial charge in [-0.05, 0) is 60.8 Å². The molecule has 0 aromatic heterocycles. The highest BCUT2D eigenvalue weighted by molar-refractivity contribution is 6.02. The summed E-state index contributed by atoms with van der Waals surface area (Å²) in [4.78, 5) is 44.0. The SMILES string of the molecule is Cc1ccc(CCN2C(=O)[C@H]3[C@H](C(=O)Nc4ccc(C(C)C)cc4)[C@H]4C=C[C@@]3(O4)[C@@H]2C(=O)N[C@@H]2CCC[C@@H](C)[C@@H]2C)cc1. The summed E-state index contributed by atoms with van der Waals surface area (Å²) < 4.78 is 6.55. The summed E-state index contributed by atoms with van der Waals surface area (Å²) in [5.74, 6) is -0.819. The number of ether oxygens (including phenoxy) is 1. The first kappa shape index (κ1) is 29.6. The fourth-order valence-corrected chi connectivity index (χ4v) is 7.74. The maximum Gasteiger partial charge on any atom is 0.246 e. The standard InChI is InChI=1S/C36H45N3O4/c1-21(2)26-13-15-27(16-14-26)37-33(40)30-29-17-19-36(43-29)31(30)35(42)39(20-18-25-11-9-22(3)10-12-25)32(36)34(41)38-28-8-6-7-23(4)24(28)5/h9-17,19,21,23-24,28-32H,6-8,18,20H2,1-5H3,(H,37,40)(H,38,41)/t23-,24+,28-,29-,30-,31-,32+,36+/m1/s1. The van der Waals surface area contributed by atoms with Gasteiger partial charge in [-0.3, -0.25) is 14.4 Å². The van der Waals surface area contributed by atoms with E-state index in [2.05, 4.69) is 62.6 Å². The average molecular weight is 584 g/mol. The molecule has 3 amide bonds. The lowest BCUT2D eigenvalue weighted by molar-refractivity contribution is -0.141. The number of aryl methyl sites for hydroxylation is 1. The fraction of sp³-hybridized carbons (Fsp3) is 0.528. The molecule has 1 saturated carbocycles. The number of anilines is 1. The van der Waals surface area contributed by atoms with Crippen molar-refractivity contribution >= 4 is 23.4 Å². The van der Waals surface area contributed by atoms with E-state index in [1.54, 1.807) is 4.90 Å². The maximum atomic E-state index is 14.3. The minimum atomic E-state index is -1.16. The molecule has 7 nitrogen and oxygen atoms in total. The largest absolute Gasteiger partial charge is 0.359 e.